The quantitative estimate of drug-likeness (QED) is 0.706. The van der Waals surface area contributed by atoms with Crippen LogP contribution in [0.4, 0.5) is 5.82 Å². The molecule has 0 spiro atoms. The van der Waals surface area contributed by atoms with Crippen LogP contribution < -0.4 is 16.4 Å². The Kier molecular flexibility index (Phi) is 4.70. The van der Waals surface area contributed by atoms with Gasteiger partial charge in [-0.25, -0.2) is 9.97 Å². The van der Waals surface area contributed by atoms with Crippen LogP contribution in [0.2, 0.25) is 5.15 Å². The number of nitrogens with two attached hydrogens (primary N) is 1. The van der Waals surface area contributed by atoms with Crippen LogP contribution in [0.1, 0.15) is 19.5 Å². The van der Waals surface area contributed by atoms with Gasteiger partial charge in [0.05, 0.1) is 12.7 Å². The second-order valence-electron chi connectivity index (χ2n) is 3.51. The molecule has 0 atom stereocenters. The Bertz CT molecular complexity index is 382. The molecule has 0 unspecified atom stereocenters. The molecule has 4 N–H and O–H groups in total. The number of nitrogens with zero attached hydrogens (tertiary/aromatic N) is 2. The van der Waals surface area contributed by atoms with Gasteiger partial charge in [0.15, 0.2) is 5.11 Å². The second kappa shape index (κ2) is 5.81. The summed E-state index contributed by atoms with van der Waals surface area (Å²) in [6, 6.07) is 0.280. The molecular formula is C9H14ClN5S. The maximum Gasteiger partial charge on any atom is 0.166 e. The smallest absolute Gasteiger partial charge is 0.166 e. The Morgan fingerprint density at radius 2 is 2.31 bits per heavy atom. The molecule has 0 saturated carbocycles. The number of hydrogen-bond acceptors (Lipinski definition) is 4. The lowest BCUT2D eigenvalue weighted by molar-refractivity contribution is 0.709. The van der Waals surface area contributed by atoms with Gasteiger partial charge < -0.3 is 16.4 Å². The van der Waals surface area contributed by atoms with E-state index in [4.69, 9.17) is 29.6 Å². The van der Waals surface area contributed by atoms with E-state index in [-0.39, 0.29) is 6.04 Å². The van der Waals surface area contributed by atoms with Gasteiger partial charge in [-0.2, -0.15) is 0 Å². The van der Waals surface area contributed by atoms with Gasteiger partial charge in [-0.05, 0) is 26.1 Å². The average Bonchev–Trinajstić information content (AvgIpc) is 2.18. The van der Waals surface area contributed by atoms with Crippen LogP contribution in [-0.4, -0.2) is 21.1 Å². The molecule has 0 bridgehead atoms. The van der Waals surface area contributed by atoms with Gasteiger partial charge in [-0.1, -0.05) is 11.6 Å². The van der Waals surface area contributed by atoms with E-state index in [9.17, 15) is 0 Å². The highest BCUT2D eigenvalue weighted by atomic mass is 35.5. The van der Waals surface area contributed by atoms with E-state index >= 15 is 0 Å². The number of aromatic nitrogens is 2. The van der Waals surface area contributed by atoms with Crippen LogP contribution in [0.3, 0.4) is 0 Å². The van der Waals surface area contributed by atoms with Gasteiger partial charge in [-0.3, -0.25) is 0 Å². The summed E-state index contributed by atoms with van der Waals surface area (Å²) < 4.78 is 0. The van der Waals surface area contributed by atoms with Crippen LogP contribution in [0.25, 0.3) is 0 Å². The van der Waals surface area contributed by atoms with Crippen LogP contribution in [0.5, 0.6) is 0 Å². The molecule has 0 aliphatic carbocycles. The molecule has 0 saturated heterocycles. The lowest BCUT2D eigenvalue weighted by Crippen LogP contribution is -2.39. The highest BCUT2D eigenvalue weighted by Crippen LogP contribution is 2.09. The summed E-state index contributed by atoms with van der Waals surface area (Å²) >= 11 is 10.8. The van der Waals surface area contributed by atoms with Crippen molar-refractivity contribution in [3.63, 3.8) is 0 Å². The zero-order valence-corrected chi connectivity index (χ0v) is 10.7. The van der Waals surface area contributed by atoms with Gasteiger partial charge in [0.25, 0.3) is 0 Å². The van der Waals surface area contributed by atoms with E-state index in [1.54, 1.807) is 0 Å². The normalized spacial score (nSPS) is 10.2. The Morgan fingerprint density at radius 3 is 2.94 bits per heavy atom. The third-order valence-electron chi connectivity index (χ3n) is 1.68. The maximum atomic E-state index is 5.71. The van der Waals surface area contributed by atoms with E-state index in [0.717, 1.165) is 0 Å². The highest BCUT2D eigenvalue weighted by Gasteiger charge is 2.05. The summed E-state index contributed by atoms with van der Waals surface area (Å²) in [5.74, 6) is 0.351. The monoisotopic (exact) mass is 259 g/mol. The van der Waals surface area contributed by atoms with Crippen LogP contribution in [0.15, 0.2) is 6.20 Å². The van der Waals surface area contributed by atoms with Gasteiger partial charge in [0, 0.05) is 6.04 Å². The lowest BCUT2D eigenvalue weighted by Gasteiger charge is -2.13. The third-order valence-corrected chi connectivity index (χ3v) is 2.13. The first kappa shape index (κ1) is 12.9. The maximum absolute atomic E-state index is 5.71. The summed E-state index contributed by atoms with van der Waals surface area (Å²) in [6.45, 7) is 4.40. The van der Waals surface area contributed by atoms with Gasteiger partial charge in [-0.15, -0.1) is 0 Å². The first-order chi connectivity index (χ1) is 7.49. The number of nitrogen functional groups attached to an aromatic ring is 1. The zero-order valence-electron chi connectivity index (χ0n) is 9.12. The molecule has 0 fully saturated rings. The largest absolute Gasteiger partial charge is 0.382 e. The Hall–Kier alpha value is -1.14. The van der Waals surface area contributed by atoms with Gasteiger partial charge in [0.2, 0.25) is 0 Å². The number of nitrogens with one attached hydrogen (secondary N) is 2. The predicted octanol–water partition coefficient (Wildman–Crippen LogP) is 1.08. The molecule has 0 radical (unpaired) electrons. The van der Waals surface area contributed by atoms with Crippen molar-refractivity contribution in [3.05, 3.63) is 17.0 Å². The molecule has 1 aromatic rings. The first-order valence-corrected chi connectivity index (χ1v) is 5.59. The molecule has 7 heteroatoms. The summed E-state index contributed by atoms with van der Waals surface area (Å²) in [7, 11) is 0. The summed E-state index contributed by atoms with van der Waals surface area (Å²) in [6.07, 6.45) is 1.41. The van der Waals surface area contributed by atoms with Crippen molar-refractivity contribution < 1.29 is 0 Å². The molecule has 0 aromatic carbocycles. The van der Waals surface area contributed by atoms with Crippen molar-refractivity contribution in [1.82, 2.24) is 20.6 Å². The van der Waals surface area contributed by atoms with Gasteiger partial charge in [0.1, 0.15) is 16.7 Å². The summed E-state index contributed by atoms with van der Waals surface area (Å²) in [5.41, 5.74) is 6.22. The van der Waals surface area contributed by atoms with Crippen LogP contribution in [0, 0.1) is 0 Å². The minimum Gasteiger partial charge on any atom is -0.382 e. The van der Waals surface area contributed by atoms with E-state index in [0.29, 0.717) is 28.3 Å². The summed E-state index contributed by atoms with van der Waals surface area (Å²) in [4.78, 5) is 7.95. The SMILES string of the molecule is CC(C)NC(=S)NCc1nc(Cl)cnc1N. The van der Waals surface area contributed by atoms with Crippen LogP contribution in [-0.2, 0) is 6.54 Å². The Morgan fingerprint density at radius 1 is 1.62 bits per heavy atom. The van der Waals surface area contributed by atoms with Crippen molar-refractivity contribution in [2.75, 3.05) is 5.73 Å². The fraction of sp³-hybridized carbons (Fsp3) is 0.444. The van der Waals surface area contributed by atoms with E-state index in [1.165, 1.54) is 6.20 Å². The fourth-order valence-electron chi connectivity index (χ4n) is 1.02. The summed E-state index contributed by atoms with van der Waals surface area (Å²) in [5, 5.41) is 6.89. The lowest BCUT2D eigenvalue weighted by atomic mass is 10.4. The van der Waals surface area contributed by atoms with Crippen molar-refractivity contribution in [2.24, 2.45) is 0 Å². The Balaban J connectivity index is 2.54. The molecule has 1 aromatic heterocycles. The van der Waals surface area contributed by atoms with Crippen molar-refractivity contribution >= 4 is 34.7 Å². The van der Waals surface area contributed by atoms with Gasteiger partial charge >= 0.3 is 0 Å². The average molecular weight is 260 g/mol. The first-order valence-electron chi connectivity index (χ1n) is 4.80. The van der Waals surface area contributed by atoms with E-state index in [1.807, 2.05) is 13.8 Å². The van der Waals surface area contributed by atoms with Crippen molar-refractivity contribution in [2.45, 2.75) is 26.4 Å². The van der Waals surface area contributed by atoms with Crippen molar-refractivity contribution in [3.8, 4) is 0 Å². The van der Waals surface area contributed by atoms with E-state index < -0.39 is 0 Å². The molecule has 1 rings (SSSR count). The number of halogens is 1. The Labute approximate surface area is 105 Å². The standard InChI is InChI=1S/C9H14ClN5S/c1-5(2)14-9(16)13-3-6-8(11)12-4-7(10)15-6/h4-5H,3H2,1-2H3,(H2,11,12)(H2,13,14,16). The number of hydrogen-bond donors (Lipinski definition) is 3. The molecular weight excluding hydrogens is 246 g/mol. The second-order valence-corrected chi connectivity index (χ2v) is 4.30. The topological polar surface area (TPSA) is 75.9 Å². The molecule has 88 valence electrons. The third kappa shape index (κ3) is 4.16. The number of anilines is 1. The molecule has 5 nitrogen and oxygen atoms in total. The van der Waals surface area contributed by atoms with Crippen molar-refractivity contribution in [1.29, 1.82) is 0 Å². The molecule has 0 aliphatic rings. The van der Waals surface area contributed by atoms with Crippen LogP contribution >= 0.6 is 23.8 Å². The fourth-order valence-corrected chi connectivity index (χ4v) is 1.48. The molecule has 1 heterocycles. The minimum absolute atomic E-state index is 0.280. The predicted molar refractivity (Wildman–Crippen MR) is 69.2 cm³/mol. The number of rotatable bonds is 3. The zero-order chi connectivity index (χ0) is 12.1. The minimum atomic E-state index is 0.280. The molecule has 0 amide bonds. The number of thiocarbonyl (C=S) groups is 1. The van der Waals surface area contributed by atoms with E-state index in [2.05, 4.69) is 20.6 Å². The highest BCUT2D eigenvalue weighted by molar-refractivity contribution is 7.80. The molecule has 0 aliphatic heterocycles. The molecule has 16 heavy (non-hydrogen) atoms.